The van der Waals surface area contributed by atoms with Crippen LogP contribution in [-0.2, 0) is 44.9 Å². The van der Waals surface area contributed by atoms with Crippen molar-refractivity contribution in [3.8, 4) is 0 Å². The Morgan fingerprint density at radius 3 is 0.931 bits per heavy atom. The van der Waals surface area contributed by atoms with E-state index in [4.69, 9.17) is 126 Å². The van der Waals surface area contributed by atoms with Gasteiger partial charge in [-0.3, -0.25) is 80.3 Å². The number of aliphatic imine (C=N–C) groups is 5. The predicted octanol–water partition coefficient (Wildman–Crippen LogP) is 1.52. The maximum Gasteiger partial charge on any atom is 0.407 e. The monoisotopic (exact) mass is 2100 g/mol. The first-order valence-electron chi connectivity index (χ1n) is 44.6. The fourth-order valence-electron chi connectivity index (χ4n) is 13.4. The van der Waals surface area contributed by atoms with Crippen molar-refractivity contribution in [2.24, 2.45) is 30.7 Å². The van der Waals surface area contributed by atoms with Crippen molar-refractivity contribution in [3.63, 3.8) is 0 Å². The van der Waals surface area contributed by atoms with Crippen molar-refractivity contribution in [1.29, 1.82) is 0 Å². The smallest absolute Gasteiger partial charge is 0.407 e. The molecule has 58 heteroatoms. The molecule has 0 saturated carbocycles. The number of benzene rings is 4. The number of guanidine groups is 5. The molecule has 5 aromatic heterocycles. The number of halogens is 5. The average Bonchev–Trinajstić information content (AvgIpc) is 1.31. The molecule has 5 aliphatic rings. The molecule has 52 nitrogen and oxygen atoms in total. The number of anilines is 10. The van der Waals surface area contributed by atoms with Crippen LogP contribution < -0.4 is 142 Å². The van der Waals surface area contributed by atoms with Gasteiger partial charge in [0.05, 0.1) is 44.9 Å². The molecule has 0 fully saturated rings. The molecule has 0 aliphatic carbocycles. The number of aromatic nitrogens is 10. The third-order valence-corrected chi connectivity index (χ3v) is 23.3. The minimum atomic E-state index is -3.40. The summed E-state index contributed by atoms with van der Waals surface area (Å²) in [5.74, 6) is -2.23. The van der Waals surface area contributed by atoms with Gasteiger partial charge in [-0.1, -0.05) is 179 Å². The number of rotatable bonds is 33. The van der Waals surface area contributed by atoms with Crippen LogP contribution >= 0.6 is 58.0 Å². The Kier molecular flexibility index (Phi) is 42.5. The molecule has 4 aromatic carbocycles. The number of alkyl carbamates (subject to hydrolysis) is 1. The molecule has 10 heterocycles. The molecular weight excluding hydrogens is 1990 g/mol. The van der Waals surface area contributed by atoms with Crippen LogP contribution in [0.1, 0.15) is 139 Å². The lowest BCUT2D eigenvalue weighted by molar-refractivity contribution is -0.120. The van der Waals surface area contributed by atoms with Crippen LogP contribution in [0.3, 0.4) is 0 Å². The van der Waals surface area contributed by atoms with Gasteiger partial charge in [0.2, 0.25) is 15.9 Å². The van der Waals surface area contributed by atoms with E-state index in [1.54, 1.807) is 24.3 Å². The number of nitrogen functional groups attached to an aromatic ring is 10. The third kappa shape index (κ3) is 36.4. The summed E-state index contributed by atoms with van der Waals surface area (Å²) in [7, 11) is -3.40. The number of carbonyl (C=O) groups excluding carboxylic acids is 8. The minimum Gasteiger partial charge on any atom is -0.445 e. The second-order valence-corrected chi connectivity index (χ2v) is 35.4. The fourth-order valence-corrected chi connectivity index (χ4v) is 15.2. The topological polar surface area (TPSA) is 837 Å². The van der Waals surface area contributed by atoms with E-state index in [0.29, 0.717) is 122 Å². The number of urea groups is 1. The number of carbonyl (C=O) groups is 8. The molecule has 766 valence electrons. The van der Waals surface area contributed by atoms with Gasteiger partial charge in [-0.2, -0.15) is 0 Å². The highest BCUT2D eigenvalue weighted by atomic mass is 35.5. The van der Waals surface area contributed by atoms with Gasteiger partial charge in [-0.05, 0) is 93.0 Å². The van der Waals surface area contributed by atoms with Crippen molar-refractivity contribution in [2.45, 2.75) is 120 Å². The molecule has 0 bridgehead atoms. The number of hydrogen-bond acceptors (Lipinski definition) is 42. The van der Waals surface area contributed by atoms with E-state index >= 15 is 0 Å². The Morgan fingerprint density at radius 1 is 0.333 bits per heavy atom. The van der Waals surface area contributed by atoms with Gasteiger partial charge in [-0.25, -0.2) is 72.6 Å². The maximum atomic E-state index is 12.3. The van der Waals surface area contributed by atoms with Crippen LogP contribution in [0, 0.1) is 0 Å². The Morgan fingerprint density at radius 2 is 0.611 bits per heavy atom. The summed E-state index contributed by atoms with van der Waals surface area (Å²) in [6.45, 7) is 5.70. The van der Waals surface area contributed by atoms with Gasteiger partial charge >= 0.3 is 12.1 Å². The molecule has 14 rings (SSSR count). The standard InChI is InChI=1S/C19H24ClN9O2.C19H23ClN8O3.C19H23ClN8O2.C18H23ClN8O3S.C11H17ClN8O/c20-14-16(22)28-15(21)13(27-14)17(30)29-18-24-10-12(26-18)7-4-8-23-19(31)25-9-11-5-2-1-3-6-11;20-14-16(22)27-15(21)13(26-14)17(29)28-18-24-9-12(25-18)7-4-8-23-19(30)31-10-11-5-2-1-3-6-11;20-15-17(22)27-16(21)14(26-15)18(30)28-19-24-10-12(25-19)7-4-8-23-13(29)9-11-5-2-1-3-6-11;19-14-16(21)26-15(20)13(25-14)17(28)27-18-22-9-12(24-18)7-4-8-23-31(29,30)10-11-5-2-1-3-6-11;12-7-9(15)19-8(14)6(18-7)10(21)20-11-16-4-5(17-11)2-1-3-13/h1-3,5-6,12H,4,7-10H2,(H4,21,22,28)(H2,23,25,31)(H2,24,26,29,30);1-3,5-6,12H,4,7-10H2,(H,23,30)(H4,21,22,27)(H2,24,25,28,29);1-3,5-6,12H,4,7-10H2,(H,23,29)(H4,21,22,27)(H2,24,25,28,30);1-3,5-6,12,23H,4,7-10H2,(H4,20,21,26)(H2,22,24,27,28);5H,1-4,13H2,(H4,14,15,19)(H2,16,17,20,21)/t4*12-;5-/m00000/s1. The Labute approximate surface area is 850 Å². The molecule has 5 atom stereocenters. The van der Waals surface area contributed by atoms with Crippen LogP contribution in [0.4, 0.5) is 67.8 Å². The first-order valence-corrected chi connectivity index (χ1v) is 48.1. The Hall–Kier alpha value is -15.7. The van der Waals surface area contributed by atoms with Crippen molar-refractivity contribution < 1.29 is 51.5 Å². The van der Waals surface area contributed by atoms with Gasteiger partial charge < -0.3 is 116 Å². The second-order valence-electron chi connectivity index (χ2n) is 31.8. The number of nitrogens with two attached hydrogens (primary N) is 11. The highest BCUT2D eigenvalue weighted by Gasteiger charge is 2.30. The van der Waals surface area contributed by atoms with Crippen molar-refractivity contribution >= 4 is 204 Å². The molecule has 37 N–H and O–H groups in total. The van der Waals surface area contributed by atoms with E-state index in [1.165, 1.54) is 0 Å². The normalized spacial score (nSPS) is 15.6. The van der Waals surface area contributed by atoms with Crippen LogP contribution in [0.25, 0.3) is 0 Å². The van der Waals surface area contributed by atoms with E-state index < -0.39 is 45.7 Å². The number of nitrogens with one attached hydrogen (secondary N) is 15. The minimum absolute atomic E-state index is 0.00867. The lowest BCUT2D eigenvalue weighted by Crippen LogP contribution is -2.42. The quantitative estimate of drug-likeness (QED) is 0.0259. The lowest BCUT2D eigenvalue weighted by Gasteiger charge is -2.13. The zero-order valence-corrected chi connectivity index (χ0v) is 81.8. The number of ether oxygens (including phenoxy) is 1. The van der Waals surface area contributed by atoms with E-state index in [1.807, 2.05) is 97.1 Å². The number of hydrogen-bond donors (Lipinski definition) is 26. The molecule has 144 heavy (non-hydrogen) atoms. The number of sulfonamides is 1. The molecule has 9 aromatic rings. The van der Waals surface area contributed by atoms with Gasteiger partial charge in [-0.15, -0.1) is 0 Å². The van der Waals surface area contributed by atoms with Gasteiger partial charge in [0, 0.05) is 62.9 Å². The second kappa shape index (κ2) is 55.5. The van der Waals surface area contributed by atoms with Crippen molar-refractivity contribution in [1.82, 2.24) is 129 Å². The van der Waals surface area contributed by atoms with Gasteiger partial charge in [0.25, 0.3) is 29.5 Å². The highest BCUT2D eigenvalue weighted by molar-refractivity contribution is 7.88. The van der Waals surface area contributed by atoms with E-state index in [-0.39, 0.29) is 173 Å². The Bertz CT molecular complexity index is 6100. The third-order valence-electron chi connectivity index (χ3n) is 20.6. The maximum absolute atomic E-state index is 12.3. The molecule has 9 amide bonds. The highest BCUT2D eigenvalue weighted by Crippen LogP contribution is 2.24. The number of nitrogens with zero attached hydrogens (tertiary/aromatic N) is 15. The van der Waals surface area contributed by atoms with Crippen LogP contribution in [-0.4, -0.2) is 231 Å². The molecular formula is C86H110Cl5N41O11S. The largest absolute Gasteiger partial charge is 0.445 e. The number of amides is 9. The fraction of sp³-hybridized carbons (Fsp3) is 0.337. The summed E-state index contributed by atoms with van der Waals surface area (Å²) >= 11 is 28.9. The Balaban J connectivity index is 0.000000186. The van der Waals surface area contributed by atoms with Crippen LogP contribution in [0.15, 0.2) is 146 Å². The van der Waals surface area contributed by atoms with Crippen LogP contribution in [0.5, 0.6) is 0 Å². The molecule has 5 aliphatic heterocycles. The van der Waals surface area contributed by atoms with Crippen LogP contribution in [0.2, 0.25) is 25.8 Å². The summed E-state index contributed by atoms with van der Waals surface area (Å²) in [4.78, 5) is 156. The van der Waals surface area contributed by atoms with Gasteiger partial charge in [0.15, 0.2) is 142 Å². The average molecular weight is 2100 g/mol. The summed E-state index contributed by atoms with van der Waals surface area (Å²) in [6.07, 6.45) is 7.45. The summed E-state index contributed by atoms with van der Waals surface area (Å²) < 4.78 is 32.0. The van der Waals surface area contributed by atoms with Crippen molar-refractivity contribution in [3.05, 3.63) is 198 Å². The van der Waals surface area contributed by atoms with Gasteiger partial charge in [0.1, 0.15) is 6.61 Å². The molecule has 0 unspecified atom stereocenters. The van der Waals surface area contributed by atoms with E-state index in [2.05, 4.69) is 154 Å². The zero-order valence-electron chi connectivity index (χ0n) is 77.3. The van der Waals surface area contributed by atoms with E-state index in [0.717, 1.165) is 67.2 Å². The van der Waals surface area contributed by atoms with E-state index in [9.17, 15) is 46.8 Å². The van der Waals surface area contributed by atoms with Crippen molar-refractivity contribution in [2.75, 3.05) is 123 Å². The summed E-state index contributed by atoms with van der Waals surface area (Å²) in [5.41, 5.74) is 64.3. The zero-order chi connectivity index (χ0) is 104. The SMILES string of the molecule is NCCC[C@H]1CN=C(NC(=O)c2nc(Cl)c(N)nc2N)N1.Nc1nc(N)c(C(=O)NC2=NC[C@H](CCCNC(=O)Cc3ccccc3)N2)nc1Cl.Nc1nc(N)c(C(=O)NC2=NC[C@H](CCCNC(=O)NCc3ccccc3)N2)nc1Cl.Nc1nc(N)c(C(=O)NC2=NC[C@H](CCCNC(=O)OCc3ccccc3)N2)nc1Cl.Nc1nc(N)c(C(=O)NC2=NC[C@H](CCCNS(=O)(=O)Cc3ccccc3)N2)nc1Cl. The first-order chi connectivity index (χ1) is 69.0. The molecule has 0 spiro atoms. The first kappa shape index (κ1) is 110. The predicted molar refractivity (Wildman–Crippen MR) is 550 cm³/mol. The lowest BCUT2D eigenvalue weighted by atomic mass is 10.1. The summed E-state index contributed by atoms with van der Waals surface area (Å²) in [6, 6.07) is 37.7. The molecule has 0 saturated heterocycles. The summed E-state index contributed by atoms with van der Waals surface area (Å²) in [5, 5.41) is 39.2. The molecule has 0 radical (unpaired) electrons.